The second kappa shape index (κ2) is 9.62. The summed E-state index contributed by atoms with van der Waals surface area (Å²) in [6.07, 6.45) is 8.43. The summed E-state index contributed by atoms with van der Waals surface area (Å²) in [5.41, 5.74) is 0. The summed E-state index contributed by atoms with van der Waals surface area (Å²) >= 11 is 0. The molecule has 24 heavy (non-hydrogen) atoms. The van der Waals surface area contributed by atoms with Crippen LogP contribution in [0.4, 0.5) is 0 Å². The quantitative estimate of drug-likeness (QED) is 0.790. The van der Waals surface area contributed by atoms with E-state index in [1.807, 2.05) is 4.90 Å². The fraction of sp³-hybridized carbons (Fsp3) is 0.889. The normalized spacial score (nSPS) is 30.0. The fourth-order valence-corrected chi connectivity index (χ4v) is 4.40. The molecule has 0 spiro atoms. The van der Waals surface area contributed by atoms with Gasteiger partial charge in [-0.05, 0) is 57.5 Å². The maximum absolute atomic E-state index is 12.7. The predicted octanol–water partition coefficient (Wildman–Crippen LogP) is 1.95. The molecule has 0 aromatic heterocycles. The number of hydrogen-bond donors (Lipinski definition) is 2. The first-order valence-corrected chi connectivity index (χ1v) is 9.53. The van der Waals surface area contributed by atoms with Crippen LogP contribution in [0.25, 0.3) is 0 Å². The summed E-state index contributed by atoms with van der Waals surface area (Å²) in [4.78, 5) is 27.3. The van der Waals surface area contributed by atoms with Crippen molar-refractivity contribution >= 4 is 24.2 Å². The number of likely N-dealkylation sites (tertiary alicyclic amines) is 1. The monoisotopic (exact) mass is 357 g/mol. The molecule has 0 aromatic carbocycles. The molecule has 2 aliphatic heterocycles. The summed E-state index contributed by atoms with van der Waals surface area (Å²) < 4.78 is 0. The molecule has 3 atom stereocenters. The van der Waals surface area contributed by atoms with E-state index in [9.17, 15) is 9.59 Å². The van der Waals surface area contributed by atoms with Crippen LogP contribution in [0.2, 0.25) is 0 Å². The Morgan fingerprint density at radius 2 is 1.71 bits per heavy atom. The molecular formula is C18H32ClN3O2. The van der Waals surface area contributed by atoms with Crippen molar-refractivity contribution in [2.75, 3.05) is 32.7 Å². The van der Waals surface area contributed by atoms with Gasteiger partial charge in [-0.15, -0.1) is 12.4 Å². The van der Waals surface area contributed by atoms with E-state index in [1.165, 1.54) is 6.42 Å². The molecule has 2 N–H and O–H groups in total. The highest BCUT2D eigenvalue weighted by atomic mass is 35.5. The molecule has 3 fully saturated rings. The van der Waals surface area contributed by atoms with Crippen molar-refractivity contribution < 1.29 is 9.59 Å². The third-order valence-corrected chi connectivity index (χ3v) is 5.85. The molecule has 3 rings (SSSR count). The topological polar surface area (TPSA) is 61.4 Å². The first-order valence-electron chi connectivity index (χ1n) is 9.53. The van der Waals surface area contributed by atoms with E-state index in [-0.39, 0.29) is 36.1 Å². The van der Waals surface area contributed by atoms with Gasteiger partial charge in [-0.25, -0.2) is 0 Å². The van der Waals surface area contributed by atoms with Crippen molar-refractivity contribution in [1.82, 2.24) is 15.5 Å². The minimum absolute atomic E-state index is 0. The molecule has 0 aromatic rings. The number of halogens is 1. The smallest absolute Gasteiger partial charge is 0.226 e. The maximum Gasteiger partial charge on any atom is 0.226 e. The molecule has 2 saturated heterocycles. The molecule has 0 radical (unpaired) electrons. The molecule has 3 unspecified atom stereocenters. The number of amides is 2. The number of carbonyl (C=O) groups is 2. The number of rotatable bonds is 5. The Labute approximate surface area is 151 Å². The molecule has 5 nitrogen and oxygen atoms in total. The van der Waals surface area contributed by atoms with Crippen molar-refractivity contribution in [3.63, 3.8) is 0 Å². The zero-order valence-corrected chi connectivity index (χ0v) is 15.4. The number of carbonyl (C=O) groups excluding carboxylic acids is 2. The lowest BCUT2D eigenvalue weighted by Gasteiger charge is -2.32. The van der Waals surface area contributed by atoms with E-state index < -0.39 is 0 Å². The minimum Gasteiger partial charge on any atom is -0.356 e. The van der Waals surface area contributed by atoms with E-state index >= 15 is 0 Å². The van der Waals surface area contributed by atoms with E-state index in [4.69, 9.17) is 0 Å². The van der Waals surface area contributed by atoms with E-state index in [0.717, 1.165) is 77.7 Å². The van der Waals surface area contributed by atoms with Crippen LogP contribution in [0.1, 0.15) is 51.4 Å². The van der Waals surface area contributed by atoms with Crippen LogP contribution in [0.5, 0.6) is 0 Å². The van der Waals surface area contributed by atoms with Crippen molar-refractivity contribution in [1.29, 1.82) is 0 Å². The van der Waals surface area contributed by atoms with Crippen molar-refractivity contribution in [2.45, 2.75) is 51.4 Å². The van der Waals surface area contributed by atoms with Gasteiger partial charge in [-0.3, -0.25) is 9.59 Å². The molecule has 6 heteroatoms. The molecule has 3 aliphatic rings. The number of hydrogen-bond acceptors (Lipinski definition) is 3. The van der Waals surface area contributed by atoms with Gasteiger partial charge in [0.2, 0.25) is 11.8 Å². The van der Waals surface area contributed by atoms with E-state index in [1.54, 1.807) is 0 Å². The Morgan fingerprint density at radius 3 is 2.38 bits per heavy atom. The lowest BCUT2D eigenvalue weighted by molar-refractivity contribution is -0.142. The molecule has 138 valence electrons. The van der Waals surface area contributed by atoms with Crippen LogP contribution in [-0.2, 0) is 9.59 Å². The van der Waals surface area contributed by atoms with Gasteiger partial charge in [0.05, 0.1) is 0 Å². The first-order chi connectivity index (χ1) is 11.3. The van der Waals surface area contributed by atoms with Crippen molar-refractivity contribution in [3.8, 4) is 0 Å². The predicted molar refractivity (Wildman–Crippen MR) is 97.1 cm³/mol. The van der Waals surface area contributed by atoms with Gasteiger partial charge in [0, 0.05) is 31.5 Å². The molecule has 0 bridgehead atoms. The lowest BCUT2D eigenvalue weighted by Crippen LogP contribution is -2.45. The van der Waals surface area contributed by atoms with Crippen LogP contribution in [0.3, 0.4) is 0 Å². The molecule has 1 aliphatic carbocycles. The molecule has 1 saturated carbocycles. The van der Waals surface area contributed by atoms with Crippen LogP contribution >= 0.6 is 12.4 Å². The van der Waals surface area contributed by atoms with E-state index in [0.29, 0.717) is 5.92 Å². The van der Waals surface area contributed by atoms with Gasteiger partial charge in [-0.1, -0.05) is 12.8 Å². The zero-order valence-electron chi connectivity index (χ0n) is 14.6. The number of nitrogens with zero attached hydrogens (tertiary/aromatic N) is 1. The summed E-state index contributed by atoms with van der Waals surface area (Å²) in [5, 5.41) is 6.48. The second-order valence-corrected chi connectivity index (χ2v) is 7.47. The first kappa shape index (κ1) is 19.5. The Hall–Kier alpha value is -0.810. The molecule has 2 amide bonds. The third kappa shape index (κ3) is 4.85. The Kier molecular flexibility index (Phi) is 7.82. The summed E-state index contributed by atoms with van der Waals surface area (Å²) in [5.74, 6) is 0.882. The van der Waals surface area contributed by atoms with Gasteiger partial charge < -0.3 is 15.5 Å². The highest BCUT2D eigenvalue weighted by Gasteiger charge is 2.38. The van der Waals surface area contributed by atoms with Crippen LogP contribution in [0, 0.1) is 17.8 Å². The van der Waals surface area contributed by atoms with Crippen LogP contribution in [-0.4, -0.2) is 49.4 Å². The van der Waals surface area contributed by atoms with Crippen molar-refractivity contribution in [3.05, 3.63) is 0 Å². The van der Waals surface area contributed by atoms with E-state index in [2.05, 4.69) is 10.6 Å². The van der Waals surface area contributed by atoms with Gasteiger partial charge in [-0.2, -0.15) is 0 Å². The molecule has 2 heterocycles. The van der Waals surface area contributed by atoms with Gasteiger partial charge >= 0.3 is 0 Å². The Balaban J connectivity index is 0.00000208. The Bertz CT molecular complexity index is 420. The zero-order chi connectivity index (χ0) is 16.1. The lowest BCUT2D eigenvalue weighted by atomic mass is 9.78. The average molecular weight is 358 g/mol. The maximum atomic E-state index is 12.7. The third-order valence-electron chi connectivity index (χ3n) is 5.85. The van der Waals surface area contributed by atoms with Crippen molar-refractivity contribution in [2.24, 2.45) is 17.8 Å². The Morgan fingerprint density at radius 1 is 1.00 bits per heavy atom. The second-order valence-electron chi connectivity index (χ2n) is 7.47. The highest BCUT2D eigenvalue weighted by molar-refractivity contribution is 5.88. The van der Waals surface area contributed by atoms with Gasteiger partial charge in [0.25, 0.3) is 0 Å². The van der Waals surface area contributed by atoms with Crippen LogP contribution in [0.15, 0.2) is 0 Å². The largest absolute Gasteiger partial charge is 0.356 e. The summed E-state index contributed by atoms with van der Waals surface area (Å²) in [7, 11) is 0. The van der Waals surface area contributed by atoms with Gasteiger partial charge in [0.15, 0.2) is 0 Å². The SMILES string of the molecule is Cl.O=C(NCCC1CCNC1)C1CCCCC1C(=O)N1CCCC1. The average Bonchev–Trinajstić information content (AvgIpc) is 3.27. The fourth-order valence-electron chi connectivity index (χ4n) is 4.40. The van der Waals surface area contributed by atoms with Gasteiger partial charge in [0.1, 0.15) is 0 Å². The van der Waals surface area contributed by atoms with Crippen LogP contribution < -0.4 is 10.6 Å². The summed E-state index contributed by atoms with van der Waals surface area (Å²) in [6.45, 7) is 4.71. The summed E-state index contributed by atoms with van der Waals surface area (Å²) in [6, 6.07) is 0. The highest BCUT2D eigenvalue weighted by Crippen LogP contribution is 2.32. The minimum atomic E-state index is -0.0986. The standard InChI is InChI=1S/C18H31N3O2.ClH/c22-17(20-10-8-14-7-9-19-13-14)15-5-1-2-6-16(15)18(23)21-11-3-4-12-21;/h14-16,19H,1-13H2,(H,20,22);1H. The molecular weight excluding hydrogens is 326 g/mol. The number of nitrogens with one attached hydrogen (secondary N) is 2.